The van der Waals surface area contributed by atoms with E-state index in [9.17, 15) is 4.79 Å². The second-order valence-corrected chi connectivity index (χ2v) is 5.92. The number of aliphatic imine (C=N–C) groups is 1. The van der Waals surface area contributed by atoms with Crippen LogP contribution in [0.25, 0.3) is 0 Å². The standard InChI is InChI=1S/C15H13N7OS/c1-10-13(24-20-19-10)15(23)21(12-5-3-2-4-6-12)22-14-11(8-18-22)7-16-9-17-14/h2-6,8-9H,7H2,1H3,(H,16,17). The number of anilines is 1. The van der Waals surface area contributed by atoms with Crippen molar-refractivity contribution in [3.63, 3.8) is 0 Å². The Hall–Kier alpha value is -3.07. The summed E-state index contributed by atoms with van der Waals surface area (Å²) < 4.78 is 3.86. The van der Waals surface area contributed by atoms with E-state index in [-0.39, 0.29) is 5.91 Å². The molecule has 8 nitrogen and oxygen atoms in total. The van der Waals surface area contributed by atoms with Crippen LogP contribution in [-0.2, 0) is 6.54 Å². The Morgan fingerprint density at radius 1 is 1.33 bits per heavy atom. The molecule has 9 heteroatoms. The van der Waals surface area contributed by atoms with Crippen LogP contribution in [0.2, 0.25) is 0 Å². The Bertz CT molecular complexity index is 915. The number of fused-ring (bicyclic) bond motifs is 1. The molecule has 0 saturated carbocycles. The Kier molecular flexibility index (Phi) is 3.54. The minimum atomic E-state index is -0.242. The van der Waals surface area contributed by atoms with Crippen LogP contribution < -0.4 is 10.3 Å². The van der Waals surface area contributed by atoms with Crippen LogP contribution in [0.15, 0.2) is 41.5 Å². The van der Waals surface area contributed by atoms with Gasteiger partial charge in [0.15, 0.2) is 5.82 Å². The maximum atomic E-state index is 13.1. The highest BCUT2D eigenvalue weighted by molar-refractivity contribution is 7.08. The summed E-state index contributed by atoms with van der Waals surface area (Å²) in [6.07, 6.45) is 3.31. The fourth-order valence-corrected chi connectivity index (χ4v) is 3.02. The Labute approximate surface area is 141 Å². The van der Waals surface area contributed by atoms with Crippen LogP contribution in [0.1, 0.15) is 20.9 Å². The number of aryl methyl sites for hydroxylation is 1. The zero-order valence-corrected chi connectivity index (χ0v) is 13.6. The molecule has 3 heterocycles. The van der Waals surface area contributed by atoms with E-state index in [0.717, 1.165) is 17.1 Å². The van der Waals surface area contributed by atoms with Gasteiger partial charge in [0, 0.05) is 12.1 Å². The largest absolute Gasteiger partial charge is 0.372 e. The van der Waals surface area contributed by atoms with Gasteiger partial charge in [-0.2, -0.15) is 10.1 Å². The number of hydrogen-bond donors (Lipinski definition) is 1. The van der Waals surface area contributed by atoms with E-state index in [1.807, 2.05) is 30.3 Å². The lowest BCUT2D eigenvalue weighted by Crippen LogP contribution is -2.37. The molecule has 1 aromatic carbocycles. The second kappa shape index (κ2) is 5.85. The van der Waals surface area contributed by atoms with Crippen molar-refractivity contribution >= 4 is 35.3 Å². The topological polar surface area (TPSA) is 88.3 Å². The van der Waals surface area contributed by atoms with E-state index >= 15 is 0 Å². The van der Waals surface area contributed by atoms with E-state index in [1.54, 1.807) is 19.5 Å². The molecule has 0 atom stereocenters. The summed E-state index contributed by atoms with van der Waals surface area (Å²) in [5.74, 6) is 0.384. The molecule has 1 N–H and O–H groups in total. The molecule has 0 bridgehead atoms. The molecule has 0 fully saturated rings. The third kappa shape index (κ3) is 2.35. The van der Waals surface area contributed by atoms with E-state index < -0.39 is 0 Å². The number of nitrogens with one attached hydrogen (secondary N) is 1. The van der Waals surface area contributed by atoms with Gasteiger partial charge in [0.25, 0.3) is 5.91 Å². The molecule has 2 aromatic heterocycles. The first kappa shape index (κ1) is 14.5. The normalized spacial score (nSPS) is 12.5. The van der Waals surface area contributed by atoms with E-state index in [4.69, 9.17) is 0 Å². The van der Waals surface area contributed by atoms with Crippen molar-refractivity contribution in [3.05, 3.63) is 52.7 Å². The number of carbonyl (C=O) groups excluding carboxylic acids is 1. The SMILES string of the molecule is Cc1nnsc1C(=O)N(c1ccccc1)n1ncc2c1N=CNC2. The van der Waals surface area contributed by atoms with Crippen molar-refractivity contribution in [2.45, 2.75) is 13.5 Å². The van der Waals surface area contributed by atoms with Crippen LogP contribution >= 0.6 is 11.5 Å². The first-order valence-electron chi connectivity index (χ1n) is 7.27. The van der Waals surface area contributed by atoms with Crippen molar-refractivity contribution in [3.8, 4) is 0 Å². The molecule has 0 saturated heterocycles. The van der Waals surface area contributed by atoms with Crippen LogP contribution in [0.5, 0.6) is 0 Å². The number of rotatable bonds is 3. The highest BCUT2D eigenvalue weighted by Crippen LogP contribution is 2.27. The van der Waals surface area contributed by atoms with E-state index in [0.29, 0.717) is 28.6 Å². The summed E-state index contributed by atoms with van der Waals surface area (Å²) in [4.78, 5) is 19.5. The van der Waals surface area contributed by atoms with Crippen molar-refractivity contribution in [2.75, 3.05) is 5.01 Å². The zero-order valence-electron chi connectivity index (χ0n) is 12.7. The summed E-state index contributed by atoms with van der Waals surface area (Å²) in [6.45, 7) is 2.39. The highest BCUT2D eigenvalue weighted by atomic mass is 32.1. The molecule has 24 heavy (non-hydrogen) atoms. The number of carbonyl (C=O) groups is 1. The first-order valence-corrected chi connectivity index (χ1v) is 8.04. The molecule has 0 aliphatic carbocycles. The van der Waals surface area contributed by atoms with E-state index in [2.05, 4.69) is 25.0 Å². The molecule has 1 amide bonds. The molecule has 1 aliphatic rings. The van der Waals surface area contributed by atoms with Gasteiger partial charge in [-0.3, -0.25) is 4.79 Å². The number of hydrogen-bond acceptors (Lipinski definition) is 7. The van der Waals surface area contributed by atoms with Gasteiger partial charge in [0.05, 0.1) is 23.9 Å². The first-order chi connectivity index (χ1) is 11.8. The van der Waals surface area contributed by atoms with Gasteiger partial charge in [-0.25, -0.2) is 4.99 Å². The number of nitrogens with zero attached hydrogens (tertiary/aromatic N) is 6. The van der Waals surface area contributed by atoms with E-state index in [1.165, 1.54) is 9.80 Å². The summed E-state index contributed by atoms with van der Waals surface area (Å²) in [5, 5.41) is 12.8. The minimum Gasteiger partial charge on any atom is -0.372 e. The molecule has 0 spiro atoms. The van der Waals surface area contributed by atoms with Gasteiger partial charge < -0.3 is 5.32 Å². The minimum absolute atomic E-state index is 0.242. The van der Waals surface area contributed by atoms with Gasteiger partial charge in [0.2, 0.25) is 0 Å². The lowest BCUT2D eigenvalue weighted by molar-refractivity contribution is 0.0975. The number of aromatic nitrogens is 4. The molecule has 120 valence electrons. The Morgan fingerprint density at radius 3 is 2.92 bits per heavy atom. The molecule has 3 aromatic rings. The fourth-order valence-electron chi connectivity index (χ4n) is 2.44. The van der Waals surface area contributed by atoms with Gasteiger partial charge in [-0.05, 0) is 30.6 Å². The van der Waals surface area contributed by atoms with Crippen LogP contribution in [0.3, 0.4) is 0 Å². The van der Waals surface area contributed by atoms with Gasteiger partial charge in [-0.15, -0.1) is 9.89 Å². The smallest absolute Gasteiger partial charge is 0.292 e. The van der Waals surface area contributed by atoms with Crippen LogP contribution in [-0.4, -0.2) is 31.7 Å². The van der Waals surface area contributed by atoms with Crippen molar-refractivity contribution in [1.29, 1.82) is 0 Å². The predicted molar refractivity (Wildman–Crippen MR) is 90.5 cm³/mol. The summed E-state index contributed by atoms with van der Waals surface area (Å²) in [7, 11) is 0. The second-order valence-electron chi connectivity index (χ2n) is 5.16. The molecule has 0 unspecified atom stereocenters. The monoisotopic (exact) mass is 339 g/mol. The average molecular weight is 339 g/mol. The highest BCUT2D eigenvalue weighted by Gasteiger charge is 2.27. The number of amides is 1. The molecular formula is C15H13N7OS. The third-order valence-electron chi connectivity index (χ3n) is 3.60. The van der Waals surface area contributed by atoms with Crippen molar-refractivity contribution in [2.24, 2.45) is 4.99 Å². The Morgan fingerprint density at radius 2 is 2.17 bits per heavy atom. The third-order valence-corrected chi connectivity index (χ3v) is 4.41. The van der Waals surface area contributed by atoms with Crippen LogP contribution in [0, 0.1) is 6.92 Å². The lowest BCUT2D eigenvalue weighted by Gasteiger charge is -2.23. The summed E-state index contributed by atoms with van der Waals surface area (Å²) in [5.41, 5.74) is 2.21. The maximum absolute atomic E-state index is 13.1. The van der Waals surface area contributed by atoms with Crippen molar-refractivity contribution in [1.82, 2.24) is 24.8 Å². The molecular weight excluding hydrogens is 326 g/mol. The number of para-hydroxylation sites is 1. The molecule has 0 radical (unpaired) electrons. The van der Waals surface area contributed by atoms with Crippen molar-refractivity contribution < 1.29 is 4.79 Å². The van der Waals surface area contributed by atoms with Gasteiger partial charge in [-0.1, -0.05) is 22.7 Å². The van der Waals surface area contributed by atoms with Crippen LogP contribution in [0.4, 0.5) is 11.5 Å². The Balaban J connectivity index is 1.86. The fraction of sp³-hybridized carbons (Fsp3) is 0.133. The maximum Gasteiger partial charge on any atom is 0.292 e. The lowest BCUT2D eigenvalue weighted by atomic mass is 10.3. The average Bonchev–Trinajstić information content (AvgIpc) is 3.23. The predicted octanol–water partition coefficient (Wildman–Crippen LogP) is 1.92. The molecule has 4 rings (SSSR count). The van der Waals surface area contributed by atoms with Gasteiger partial charge >= 0.3 is 0 Å². The summed E-state index contributed by atoms with van der Waals surface area (Å²) in [6, 6.07) is 9.33. The summed E-state index contributed by atoms with van der Waals surface area (Å²) >= 11 is 1.07. The van der Waals surface area contributed by atoms with Gasteiger partial charge in [0.1, 0.15) is 4.88 Å². The molecule has 1 aliphatic heterocycles. The number of benzene rings is 1. The quantitative estimate of drug-likeness (QED) is 0.787. The zero-order chi connectivity index (χ0) is 16.5.